The molecule has 116 valence electrons. The molecular weight excluding hydrogens is 258 g/mol. The zero-order valence-electron chi connectivity index (χ0n) is 13.3. The molecule has 3 heteroatoms. The van der Waals surface area contributed by atoms with Gasteiger partial charge in [0.05, 0.1) is 0 Å². The molecule has 2 fully saturated rings. The second-order valence-electron chi connectivity index (χ2n) is 6.64. The predicted octanol–water partition coefficient (Wildman–Crippen LogP) is 2.36. The van der Waals surface area contributed by atoms with E-state index in [4.69, 9.17) is 0 Å². The van der Waals surface area contributed by atoms with Crippen molar-refractivity contribution in [2.24, 2.45) is 5.92 Å². The number of hydrogen-bond acceptors (Lipinski definition) is 3. The van der Waals surface area contributed by atoms with E-state index in [2.05, 4.69) is 52.4 Å². The Hall–Kier alpha value is -0.900. The molecule has 1 aromatic carbocycles. The average molecular weight is 287 g/mol. The fraction of sp³-hybridized carbons (Fsp3) is 0.667. The summed E-state index contributed by atoms with van der Waals surface area (Å²) in [6.45, 7) is 11.0. The van der Waals surface area contributed by atoms with Crippen molar-refractivity contribution in [1.29, 1.82) is 0 Å². The van der Waals surface area contributed by atoms with Gasteiger partial charge in [-0.1, -0.05) is 30.3 Å². The van der Waals surface area contributed by atoms with Crippen molar-refractivity contribution in [3.8, 4) is 0 Å². The maximum absolute atomic E-state index is 3.45. The topological polar surface area (TPSA) is 18.5 Å². The van der Waals surface area contributed by atoms with Crippen LogP contribution in [0.15, 0.2) is 30.3 Å². The van der Waals surface area contributed by atoms with Crippen LogP contribution >= 0.6 is 0 Å². The molecular formula is C18H29N3. The van der Waals surface area contributed by atoms with Gasteiger partial charge in [-0.15, -0.1) is 0 Å². The van der Waals surface area contributed by atoms with Crippen LogP contribution in [0.5, 0.6) is 0 Å². The summed E-state index contributed by atoms with van der Waals surface area (Å²) in [4.78, 5) is 5.34. The first-order valence-corrected chi connectivity index (χ1v) is 8.55. The van der Waals surface area contributed by atoms with Gasteiger partial charge in [-0.2, -0.15) is 0 Å². The summed E-state index contributed by atoms with van der Waals surface area (Å²) in [7, 11) is 0. The molecule has 0 spiro atoms. The highest BCUT2D eigenvalue weighted by Gasteiger charge is 2.26. The number of benzene rings is 1. The van der Waals surface area contributed by atoms with E-state index in [1.54, 1.807) is 0 Å². The van der Waals surface area contributed by atoms with E-state index in [-0.39, 0.29) is 0 Å². The van der Waals surface area contributed by atoms with E-state index in [0.717, 1.165) is 19.0 Å². The number of piperidine rings is 1. The molecule has 2 heterocycles. The van der Waals surface area contributed by atoms with E-state index in [1.165, 1.54) is 51.1 Å². The Morgan fingerprint density at radius 1 is 1.14 bits per heavy atom. The number of nitrogens with zero attached hydrogens (tertiary/aromatic N) is 2. The third kappa shape index (κ3) is 4.06. The lowest BCUT2D eigenvalue weighted by atomic mass is 9.94. The van der Waals surface area contributed by atoms with Gasteiger partial charge < -0.3 is 10.2 Å². The van der Waals surface area contributed by atoms with E-state index >= 15 is 0 Å². The summed E-state index contributed by atoms with van der Waals surface area (Å²) in [5, 5.41) is 3.45. The molecule has 0 saturated carbocycles. The molecule has 0 aromatic heterocycles. The molecule has 0 unspecified atom stereocenters. The molecule has 2 atom stereocenters. The number of hydrogen-bond donors (Lipinski definition) is 1. The van der Waals surface area contributed by atoms with Crippen LogP contribution in [0.3, 0.4) is 0 Å². The van der Waals surface area contributed by atoms with Crippen LogP contribution in [-0.2, 0) is 0 Å². The molecule has 2 aliphatic heterocycles. The van der Waals surface area contributed by atoms with Crippen molar-refractivity contribution in [1.82, 2.24) is 15.1 Å². The van der Waals surface area contributed by atoms with Gasteiger partial charge >= 0.3 is 0 Å². The number of nitrogens with one attached hydrogen (secondary N) is 1. The highest BCUT2D eigenvalue weighted by atomic mass is 15.2. The van der Waals surface area contributed by atoms with Crippen LogP contribution in [0.25, 0.3) is 0 Å². The Balaban J connectivity index is 1.55. The minimum Gasteiger partial charge on any atom is -0.314 e. The molecule has 0 bridgehead atoms. The molecule has 0 amide bonds. The first-order chi connectivity index (χ1) is 10.3. The van der Waals surface area contributed by atoms with Crippen molar-refractivity contribution >= 4 is 0 Å². The third-order valence-corrected chi connectivity index (χ3v) is 5.11. The van der Waals surface area contributed by atoms with Gasteiger partial charge in [0.25, 0.3) is 0 Å². The van der Waals surface area contributed by atoms with E-state index < -0.39 is 0 Å². The Kier molecular flexibility index (Phi) is 5.28. The minimum absolute atomic E-state index is 0.553. The standard InChI is InChI=1S/C18H29N3/c1-16(18-7-3-2-4-8-18)21-11-5-6-17(15-21)14-20-12-9-19-10-13-20/h2-4,7-8,16-17,19H,5-6,9-15H2,1H3/t16-,17+/m0/s1. The van der Waals surface area contributed by atoms with Gasteiger partial charge in [-0.05, 0) is 37.8 Å². The van der Waals surface area contributed by atoms with Crippen LogP contribution in [0.1, 0.15) is 31.4 Å². The second kappa shape index (κ2) is 7.39. The SMILES string of the molecule is C[C@@H](c1ccccc1)N1CCC[C@H](CN2CCNCC2)C1. The summed E-state index contributed by atoms with van der Waals surface area (Å²) in [6.07, 6.45) is 2.76. The third-order valence-electron chi connectivity index (χ3n) is 5.11. The molecule has 2 aliphatic rings. The Bertz CT molecular complexity index is 414. The summed E-state index contributed by atoms with van der Waals surface area (Å²) < 4.78 is 0. The minimum atomic E-state index is 0.553. The van der Waals surface area contributed by atoms with Crippen molar-refractivity contribution in [2.45, 2.75) is 25.8 Å². The fourth-order valence-corrected chi connectivity index (χ4v) is 3.80. The van der Waals surface area contributed by atoms with Crippen LogP contribution in [-0.4, -0.2) is 55.6 Å². The van der Waals surface area contributed by atoms with Crippen LogP contribution in [0.2, 0.25) is 0 Å². The van der Waals surface area contributed by atoms with Gasteiger partial charge in [-0.25, -0.2) is 0 Å². The number of likely N-dealkylation sites (tertiary alicyclic amines) is 1. The van der Waals surface area contributed by atoms with Crippen LogP contribution in [0.4, 0.5) is 0 Å². The molecule has 3 nitrogen and oxygen atoms in total. The van der Waals surface area contributed by atoms with Gasteiger partial charge in [0.2, 0.25) is 0 Å². The number of rotatable bonds is 4. The highest BCUT2D eigenvalue weighted by molar-refractivity contribution is 5.18. The summed E-state index contributed by atoms with van der Waals surface area (Å²) in [5.74, 6) is 0.850. The molecule has 21 heavy (non-hydrogen) atoms. The first kappa shape index (κ1) is 15.0. The highest BCUT2D eigenvalue weighted by Crippen LogP contribution is 2.26. The van der Waals surface area contributed by atoms with Crippen LogP contribution < -0.4 is 5.32 Å². The zero-order valence-corrected chi connectivity index (χ0v) is 13.3. The molecule has 0 radical (unpaired) electrons. The van der Waals surface area contributed by atoms with Gasteiger partial charge in [0.1, 0.15) is 0 Å². The van der Waals surface area contributed by atoms with E-state index in [1.807, 2.05) is 0 Å². The molecule has 0 aliphatic carbocycles. The fourth-order valence-electron chi connectivity index (χ4n) is 3.80. The molecule has 1 N–H and O–H groups in total. The van der Waals surface area contributed by atoms with Crippen molar-refractivity contribution in [2.75, 3.05) is 45.8 Å². The summed E-state index contributed by atoms with van der Waals surface area (Å²) in [6, 6.07) is 11.5. The van der Waals surface area contributed by atoms with Crippen LogP contribution in [0, 0.1) is 5.92 Å². The Morgan fingerprint density at radius 3 is 2.67 bits per heavy atom. The normalized spacial score (nSPS) is 26.6. The van der Waals surface area contributed by atoms with E-state index in [0.29, 0.717) is 6.04 Å². The van der Waals surface area contributed by atoms with Gasteiger partial charge in [-0.3, -0.25) is 4.90 Å². The quantitative estimate of drug-likeness (QED) is 0.917. The summed E-state index contributed by atoms with van der Waals surface area (Å²) >= 11 is 0. The lowest BCUT2D eigenvalue weighted by molar-refractivity contribution is 0.0996. The number of piperazine rings is 1. The maximum atomic E-state index is 3.45. The first-order valence-electron chi connectivity index (χ1n) is 8.55. The largest absolute Gasteiger partial charge is 0.314 e. The van der Waals surface area contributed by atoms with Crippen molar-refractivity contribution in [3.63, 3.8) is 0 Å². The molecule has 3 rings (SSSR count). The van der Waals surface area contributed by atoms with E-state index in [9.17, 15) is 0 Å². The smallest absolute Gasteiger partial charge is 0.0320 e. The zero-order chi connectivity index (χ0) is 14.5. The molecule has 1 aromatic rings. The monoisotopic (exact) mass is 287 g/mol. The van der Waals surface area contributed by atoms with Crippen molar-refractivity contribution < 1.29 is 0 Å². The van der Waals surface area contributed by atoms with Gasteiger partial charge in [0.15, 0.2) is 0 Å². The lowest BCUT2D eigenvalue weighted by Gasteiger charge is -2.39. The predicted molar refractivity (Wildman–Crippen MR) is 88.5 cm³/mol. The Labute approximate surface area is 129 Å². The average Bonchev–Trinajstić information content (AvgIpc) is 2.56. The maximum Gasteiger partial charge on any atom is 0.0320 e. The Morgan fingerprint density at radius 2 is 1.90 bits per heavy atom. The summed E-state index contributed by atoms with van der Waals surface area (Å²) in [5.41, 5.74) is 1.46. The van der Waals surface area contributed by atoms with Gasteiger partial charge in [0, 0.05) is 45.3 Å². The van der Waals surface area contributed by atoms with Crippen molar-refractivity contribution in [3.05, 3.63) is 35.9 Å². The second-order valence-corrected chi connectivity index (χ2v) is 6.64. The lowest BCUT2D eigenvalue weighted by Crippen LogP contribution is -2.48. The molecule has 2 saturated heterocycles.